The quantitative estimate of drug-likeness (QED) is 0.622. The van der Waals surface area contributed by atoms with Crippen LogP contribution in [0.3, 0.4) is 0 Å². The molecule has 6 nitrogen and oxygen atoms in total. The van der Waals surface area contributed by atoms with Crippen LogP contribution in [0.1, 0.15) is 22.3 Å². The summed E-state index contributed by atoms with van der Waals surface area (Å²) >= 11 is 0. The third-order valence-electron chi connectivity index (χ3n) is 4.76. The number of para-hydroxylation sites is 1. The molecule has 0 amide bonds. The van der Waals surface area contributed by atoms with Gasteiger partial charge in [-0.1, -0.05) is 35.9 Å². The summed E-state index contributed by atoms with van der Waals surface area (Å²) in [5.41, 5.74) is 4.03. The molecule has 1 atom stereocenters. The minimum atomic E-state index is -3.91. The van der Waals surface area contributed by atoms with E-state index in [0.717, 1.165) is 22.0 Å². The van der Waals surface area contributed by atoms with Crippen LogP contribution in [-0.2, 0) is 26.0 Å². The van der Waals surface area contributed by atoms with Gasteiger partial charge in [0.2, 0.25) is 10.0 Å². The second kappa shape index (κ2) is 7.77. The zero-order valence-corrected chi connectivity index (χ0v) is 17.2. The lowest BCUT2D eigenvalue weighted by atomic mass is 10.1. The van der Waals surface area contributed by atoms with E-state index in [1.807, 2.05) is 43.3 Å². The van der Waals surface area contributed by atoms with E-state index in [2.05, 4.69) is 9.71 Å². The van der Waals surface area contributed by atoms with Crippen molar-refractivity contribution in [2.24, 2.45) is 0 Å². The van der Waals surface area contributed by atoms with Crippen molar-refractivity contribution in [2.45, 2.75) is 38.1 Å². The molecule has 148 valence electrons. The summed E-state index contributed by atoms with van der Waals surface area (Å²) in [6.45, 7) is 5.42. The van der Waals surface area contributed by atoms with Crippen molar-refractivity contribution in [3.05, 3.63) is 64.8 Å². The average Bonchev–Trinajstić information content (AvgIpc) is 3.02. The molecule has 0 aliphatic heterocycles. The second-order valence-corrected chi connectivity index (χ2v) is 8.64. The molecular weight excluding hydrogens is 376 g/mol. The van der Waals surface area contributed by atoms with E-state index in [-0.39, 0.29) is 11.3 Å². The van der Waals surface area contributed by atoms with Crippen LogP contribution in [0.4, 0.5) is 0 Å². The fourth-order valence-corrected chi connectivity index (χ4v) is 5.31. The Morgan fingerprint density at radius 1 is 1.14 bits per heavy atom. The summed E-state index contributed by atoms with van der Waals surface area (Å²) in [5, 5.41) is 0.943. The molecule has 1 heterocycles. The molecule has 7 heteroatoms. The molecule has 0 radical (unpaired) electrons. The molecule has 28 heavy (non-hydrogen) atoms. The molecule has 2 aromatic carbocycles. The Bertz CT molecular complexity index is 1110. The molecule has 0 spiro atoms. The summed E-state index contributed by atoms with van der Waals surface area (Å²) in [6.07, 6.45) is 1.97. The Hall–Kier alpha value is -2.64. The van der Waals surface area contributed by atoms with Gasteiger partial charge >= 0.3 is 5.97 Å². The first-order chi connectivity index (χ1) is 13.2. The number of fused-ring (bicyclic) bond motifs is 1. The van der Waals surface area contributed by atoms with Crippen molar-refractivity contribution in [3.63, 3.8) is 0 Å². The number of H-pyrrole nitrogens is 1. The minimum absolute atomic E-state index is 0.180. The summed E-state index contributed by atoms with van der Waals surface area (Å²) in [4.78, 5) is 15.7. The fourth-order valence-electron chi connectivity index (χ4n) is 3.67. The van der Waals surface area contributed by atoms with Crippen molar-refractivity contribution in [1.29, 1.82) is 0 Å². The van der Waals surface area contributed by atoms with Crippen molar-refractivity contribution in [2.75, 3.05) is 7.11 Å². The van der Waals surface area contributed by atoms with E-state index >= 15 is 0 Å². The Balaban J connectivity index is 1.96. The molecule has 0 saturated heterocycles. The zero-order chi connectivity index (χ0) is 20.5. The van der Waals surface area contributed by atoms with E-state index in [1.54, 1.807) is 20.0 Å². The number of nitrogens with one attached hydrogen (secondary N) is 2. The van der Waals surface area contributed by atoms with Crippen LogP contribution >= 0.6 is 0 Å². The van der Waals surface area contributed by atoms with Crippen LogP contribution in [-0.4, -0.2) is 32.5 Å². The van der Waals surface area contributed by atoms with Gasteiger partial charge in [-0.2, -0.15) is 4.72 Å². The first-order valence-electron chi connectivity index (χ1n) is 8.96. The van der Waals surface area contributed by atoms with Gasteiger partial charge in [-0.3, -0.25) is 4.79 Å². The number of aryl methyl sites for hydroxylation is 3. The highest BCUT2D eigenvalue weighted by Gasteiger charge is 2.29. The Labute approximate surface area is 165 Å². The van der Waals surface area contributed by atoms with Crippen LogP contribution in [0.25, 0.3) is 10.9 Å². The van der Waals surface area contributed by atoms with Gasteiger partial charge in [0.25, 0.3) is 0 Å². The monoisotopic (exact) mass is 400 g/mol. The van der Waals surface area contributed by atoms with Crippen molar-refractivity contribution in [3.8, 4) is 0 Å². The second-order valence-electron chi connectivity index (χ2n) is 6.99. The Morgan fingerprint density at radius 3 is 2.43 bits per heavy atom. The van der Waals surface area contributed by atoms with Crippen LogP contribution < -0.4 is 4.72 Å². The number of esters is 1. The standard InChI is InChI=1S/C21H24N2O4S/c1-13-9-14(2)20(15(3)10-13)28(25,26)23-19(21(24)27-4)11-16-12-22-18-8-6-5-7-17(16)18/h5-10,12,19,22-23H,11H2,1-4H3/t19-/m0/s1. The number of aromatic amines is 1. The van der Waals surface area contributed by atoms with Gasteiger partial charge in [0.1, 0.15) is 6.04 Å². The maximum Gasteiger partial charge on any atom is 0.324 e. The summed E-state index contributed by atoms with van der Waals surface area (Å²) in [6, 6.07) is 10.3. The summed E-state index contributed by atoms with van der Waals surface area (Å²) in [7, 11) is -2.66. The maximum absolute atomic E-state index is 13.1. The average molecular weight is 401 g/mol. The molecule has 3 aromatic rings. The highest BCUT2D eigenvalue weighted by molar-refractivity contribution is 7.89. The van der Waals surface area contributed by atoms with E-state index in [1.165, 1.54) is 7.11 Å². The van der Waals surface area contributed by atoms with Crippen molar-refractivity contribution >= 4 is 26.9 Å². The number of sulfonamides is 1. The number of rotatable bonds is 6. The number of hydrogen-bond donors (Lipinski definition) is 2. The van der Waals surface area contributed by atoms with E-state index < -0.39 is 22.0 Å². The predicted octanol–water partition coefficient (Wildman–Crippen LogP) is 3.16. The SMILES string of the molecule is COC(=O)[C@H](Cc1c[nH]c2ccccc12)NS(=O)(=O)c1c(C)cc(C)cc1C. The first-order valence-corrected chi connectivity index (χ1v) is 10.4. The third kappa shape index (κ3) is 3.95. The van der Waals surface area contributed by atoms with Gasteiger partial charge in [0.05, 0.1) is 12.0 Å². The molecule has 0 saturated carbocycles. The molecule has 0 unspecified atom stereocenters. The normalized spacial score (nSPS) is 12.9. The molecule has 0 bridgehead atoms. The number of carbonyl (C=O) groups is 1. The fraction of sp³-hybridized carbons (Fsp3) is 0.286. The van der Waals surface area contributed by atoms with Gasteiger partial charge in [0, 0.05) is 23.5 Å². The molecule has 0 aliphatic rings. The molecule has 1 aromatic heterocycles. The van der Waals surface area contributed by atoms with Gasteiger partial charge in [-0.15, -0.1) is 0 Å². The minimum Gasteiger partial charge on any atom is -0.468 e. The van der Waals surface area contributed by atoms with Crippen LogP contribution in [0.5, 0.6) is 0 Å². The topological polar surface area (TPSA) is 88.3 Å². The number of benzene rings is 2. The number of carbonyl (C=O) groups excluding carboxylic acids is 1. The number of aromatic nitrogens is 1. The largest absolute Gasteiger partial charge is 0.468 e. The van der Waals surface area contributed by atoms with Gasteiger partial charge < -0.3 is 9.72 Å². The zero-order valence-electron chi connectivity index (χ0n) is 16.4. The lowest BCUT2D eigenvalue weighted by molar-refractivity contribution is -0.142. The maximum atomic E-state index is 13.1. The highest BCUT2D eigenvalue weighted by atomic mass is 32.2. The lowest BCUT2D eigenvalue weighted by Crippen LogP contribution is -2.43. The number of methoxy groups -OCH3 is 1. The van der Waals surface area contributed by atoms with Crippen LogP contribution in [0.2, 0.25) is 0 Å². The summed E-state index contributed by atoms with van der Waals surface area (Å²) in [5.74, 6) is -0.628. The predicted molar refractivity (Wildman–Crippen MR) is 109 cm³/mol. The lowest BCUT2D eigenvalue weighted by Gasteiger charge is -2.19. The van der Waals surface area contributed by atoms with Crippen LogP contribution in [0.15, 0.2) is 47.5 Å². The van der Waals surface area contributed by atoms with Gasteiger partial charge in [-0.05, 0) is 43.5 Å². The molecule has 3 rings (SSSR count). The number of hydrogen-bond acceptors (Lipinski definition) is 4. The smallest absolute Gasteiger partial charge is 0.324 e. The van der Waals surface area contributed by atoms with Crippen molar-refractivity contribution < 1.29 is 17.9 Å². The first kappa shape index (κ1) is 20.1. The highest BCUT2D eigenvalue weighted by Crippen LogP contribution is 2.24. The third-order valence-corrected chi connectivity index (χ3v) is 6.53. The molecule has 0 fully saturated rings. The molecule has 0 aliphatic carbocycles. The number of ether oxygens (including phenoxy) is 1. The van der Waals surface area contributed by atoms with E-state index in [9.17, 15) is 13.2 Å². The van der Waals surface area contributed by atoms with Gasteiger partial charge in [-0.25, -0.2) is 8.42 Å². The van der Waals surface area contributed by atoms with E-state index in [0.29, 0.717) is 11.1 Å². The van der Waals surface area contributed by atoms with E-state index in [4.69, 9.17) is 4.74 Å². The van der Waals surface area contributed by atoms with Crippen molar-refractivity contribution in [1.82, 2.24) is 9.71 Å². The Morgan fingerprint density at radius 2 is 1.79 bits per heavy atom. The van der Waals surface area contributed by atoms with Gasteiger partial charge in [0.15, 0.2) is 0 Å². The van der Waals surface area contributed by atoms with Crippen LogP contribution in [0, 0.1) is 20.8 Å². The summed E-state index contributed by atoms with van der Waals surface area (Å²) < 4.78 is 33.6. The molecular formula is C21H24N2O4S. The molecule has 2 N–H and O–H groups in total. The Kier molecular flexibility index (Phi) is 5.58.